The molecule has 0 saturated carbocycles. The summed E-state index contributed by atoms with van der Waals surface area (Å²) in [5, 5.41) is 7.56. The molecule has 0 spiro atoms. The monoisotopic (exact) mass is 307 g/mol. The van der Waals surface area contributed by atoms with Gasteiger partial charge in [0.2, 0.25) is 5.89 Å². The molecule has 1 fully saturated rings. The molecule has 0 amide bonds. The van der Waals surface area contributed by atoms with Crippen LogP contribution in [0.2, 0.25) is 0 Å². The third kappa shape index (κ3) is 4.83. The summed E-state index contributed by atoms with van der Waals surface area (Å²) in [5.74, 6) is 1.60. The fraction of sp³-hybridized carbons (Fsp3) is 0.500. The van der Waals surface area contributed by atoms with Gasteiger partial charge in [-0.3, -0.25) is 0 Å². The first-order valence-corrected chi connectivity index (χ1v) is 7.49. The van der Waals surface area contributed by atoms with Gasteiger partial charge in [0, 0.05) is 18.9 Å². The molecule has 4 nitrogen and oxygen atoms in total. The number of nitrogens with zero attached hydrogens (tertiary/aromatic N) is 2. The van der Waals surface area contributed by atoms with Crippen LogP contribution in [0.4, 0.5) is 0 Å². The van der Waals surface area contributed by atoms with Crippen LogP contribution in [0.25, 0.3) is 0 Å². The molecule has 114 valence electrons. The van der Waals surface area contributed by atoms with Crippen molar-refractivity contribution in [3.63, 3.8) is 0 Å². The Morgan fingerprint density at radius 3 is 2.76 bits per heavy atom. The fourth-order valence-electron chi connectivity index (χ4n) is 2.69. The minimum Gasteiger partial charge on any atom is -0.339 e. The van der Waals surface area contributed by atoms with Crippen molar-refractivity contribution in [3.05, 3.63) is 47.6 Å². The van der Waals surface area contributed by atoms with E-state index in [1.54, 1.807) is 0 Å². The van der Waals surface area contributed by atoms with Gasteiger partial charge in [-0.05, 0) is 37.8 Å². The number of rotatable bonds is 6. The molecule has 2 aromatic rings. The average molecular weight is 308 g/mol. The largest absolute Gasteiger partial charge is 0.339 e. The Morgan fingerprint density at radius 1 is 1.14 bits per heavy atom. The van der Waals surface area contributed by atoms with E-state index in [9.17, 15) is 0 Å². The summed E-state index contributed by atoms with van der Waals surface area (Å²) in [6, 6.07) is 11.1. The van der Waals surface area contributed by atoms with Crippen LogP contribution in [0.5, 0.6) is 0 Å². The summed E-state index contributed by atoms with van der Waals surface area (Å²) in [6.45, 7) is 1.15. The zero-order valence-corrected chi connectivity index (χ0v) is 12.9. The van der Waals surface area contributed by atoms with E-state index in [1.165, 1.54) is 18.4 Å². The van der Waals surface area contributed by atoms with Crippen LogP contribution >= 0.6 is 12.4 Å². The molecule has 1 aromatic heterocycles. The first kappa shape index (κ1) is 16.0. The van der Waals surface area contributed by atoms with Crippen molar-refractivity contribution in [3.8, 4) is 0 Å². The second kappa shape index (κ2) is 8.15. The minimum absolute atomic E-state index is 0. The number of nitrogens with one attached hydrogen (secondary N) is 1. The molecule has 1 saturated heterocycles. The summed E-state index contributed by atoms with van der Waals surface area (Å²) in [5.41, 5.74) is 1.31. The number of halogens is 1. The van der Waals surface area contributed by atoms with Crippen molar-refractivity contribution in [1.82, 2.24) is 15.5 Å². The maximum atomic E-state index is 5.32. The lowest BCUT2D eigenvalue weighted by molar-refractivity contribution is 0.364. The van der Waals surface area contributed by atoms with Gasteiger partial charge in [-0.15, -0.1) is 12.4 Å². The highest BCUT2D eigenvalue weighted by molar-refractivity contribution is 5.85. The molecule has 0 radical (unpaired) electrons. The lowest BCUT2D eigenvalue weighted by Crippen LogP contribution is -2.21. The van der Waals surface area contributed by atoms with E-state index >= 15 is 0 Å². The molecule has 2 heterocycles. The predicted molar refractivity (Wildman–Crippen MR) is 84.7 cm³/mol. The van der Waals surface area contributed by atoms with Crippen molar-refractivity contribution >= 4 is 12.4 Å². The number of hydrogen-bond acceptors (Lipinski definition) is 4. The van der Waals surface area contributed by atoms with E-state index < -0.39 is 0 Å². The Labute approximate surface area is 131 Å². The van der Waals surface area contributed by atoms with Gasteiger partial charge in [-0.2, -0.15) is 4.98 Å². The molecule has 0 bridgehead atoms. The summed E-state index contributed by atoms with van der Waals surface area (Å²) < 4.78 is 5.32. The smallest absolute Gasteiger partial charge is 0.226 e. The van der Waals surface area contributed by atoms with Crippen molar-refractivity contribution < 1.29 is 4.52 Å². The summed E-state index contributed by atoms with van der Waals surface area (Å²) in [6.07, 6.45) is 6.35. The molecule has 1 aromatic carbocycles. The summed E-state index contributed by atoms with van der Waals surface area (Å²) >= 11 is 0. The SMILES string of the molecule is Cl.c1ccc(CCc2noc(CCC3CCCN3)n2)cc1. The number of aromatic nitrogens is 2. The van der Waals surface area contributed by atoms with E-state index in [0.29, 0.717) is 6.04 Å². The number of hydrogen-bond donors (Lipinski definition) is 1. The third-order valence-electron chi connectivity index (χ3n) is 3.86. The Kier molecular flexibility index (Phi) is 6.21. The summed E-state index contributed by atoms with van der Waals surface area (Å²) in [7, 11) is 0. The first-order chi connectivity index (χ1) is 9.90. The van der Waals surface area contributed by atoms with Crippen LogP contribution in [0, 0.1) is 0 Å². The molecule has 1 unspecified atom stereocenters. The van der Waals surface area contributed by atoms with E-state index in [1.807, 2.05) is 6.07 Å². The highest BCUT2D eigenvalue weighted by Crippen LogP contribution is 2.12. The van der Waals surface area contributed by atoms with Gasteiger partial charge in [-0.1, -0.05) is 35.5 Å². The van der Waals surface area contributed by atoms with Crippen LogP contribution < -0.4 is 5.32 Å². The molecular formula is C16H22ClN3O. The molecule has 0 aliphatic carbocycles. The van der Waals surface area contributed by atoms with Crippen LogP contribution in [0.15, 0.2) is 34.9 Å². The minimum atomic E-state index is 0. The van der Waals surface area contributed by atoms with Gasteiger partial charge in [0.1, 0.15) is 0 Å². The normalized spacial score (nSPS) is 17.6. The Hall–Kier alpha value is -1.39. The van der Waals surface area contributed by atoms with Gasteiger partial charge < -0.3 is 9.84 Å². The molecule has 3 rings (SSSR count). The van der Waals surface area contributed by atoms with Crippen molar-refractivity contribution in [1.29, 1.82) is 0 Å². The Morgan fingerprint density at radius 2 is 2.00 bits per heavy atom. The van der Waals surface area contributed by atoms with Crippen molar-refractivity contribution in [2.45, 2.75) is 44.6 Å². The second-order valence-corrected chi connectivity index (χ2v) is 5.42. The van der Waals surface area contributed by atoms with Crippen LogP contribution in [-0.4, -0.2) is 22.7 Å². The maximum Gasteiger partial charge on any atom is 0.226 e. The molecule has 1 atom stereocenters. The Bertz CT molecular complexity index is 523. The van der Waals surface area contributed by atoms with Crippen LogP contribution in [0.1, 0.15) is 36.5 Å². The highest BCUT2D eigenvalue weighted by Gasteiger charge is 2.15. The number of aryl methyl sites for hydroxylation is 3. The lowest BCUT2D eigenvalue weighted by atomic mass is 10.1. The molecule has 1 N–H and O–H groups in total. The topological polar surface area (TPSA) is 51.0 Å². The lowest BCUT2D eigenvalue weighted by Gasteiger charge is -2.06. The zero-order chi connectivity index (χ0) is 13.6. The van der Waals surface area contributed by atoms with Crippen LogP contribution in [0.3, 0.4) is 0 Å². The molecule has 21 heavy (non-hydrogen) atoms. The molecule has 1 aliphatic heterocycles. The van der Waals surface area contributed by atoms with E-state index in [2.05, 4.69) is 39.7 Å². The fourth-order valence-corrected chi connectivity index (χ4v) is 2.69. The highest BCUT2D eigenvalue weighted by atomic mass is 35.5. The predicted octanol–water partition coefficient (Wildman–Crippen LogP) is 2.96. The number of benzene rings is 1. The van der Waals surface area contributed by atoms with E-state index in [-0.39, 0.29) is 12.4 Å². The van der Waals surface area contributed by atoms with Crippen molar-refractivity contribution in [2.24, 2.45) is 0 Å². The molecule has 5 heteroatoms. The third-order valence-corrected chi connectivity index (χ3v) is 3.86. The van der Waals surface area contributed by atoms with Crippen LogP contribution in [-0.2, 0) is 19.3 Å². The van der Waals surface area contributed by atoms with Gasteiger partial charge in [-0.25, -0.2) is 0 Å². The summed E-state index contributed by atoms with van der Waals surface area (Å²) in [4.78, 5) is 4.48. The molecular weight excluding hydrogens is 286 g/mol. The standard InChI is InChI=1S/C16H21N3O.ClH/c1-2-5-13(6-3-1)8-10-15-18-16(20-19-15)11-9-14-7-4-12-17-14;/h1-3,5-6,14,17H,4,7-12H2;1H. The van der Waals surface area contributed by atoms with Gasteiger partial charge in [0.15, 0.2) is 5.82 Å². The van der Waals surface area contributed by atoms with Crippen molar-refractivity contribution in [2.75, 3.05) is 6.54 Å². The van der Waals surface area contributed by atoms with E-state index in [4.69, 9.17) is 4.52 Å². The quantitative estimate of drug-likeness (QED) is 0.891. The zero-order valence-electron chi connectivity index (χ0n) is 12.1. The van der Waals surface area contributed by atoms with Gasteiger partial charge >= 0.3 is 0 Å². The maximum absolute atomic E-state index is 5.32. The van der Waals surface area contributed by atoms with E-state index in [0.717, 1.165) is 43.9 Å². The first-order valence-electron chi connectivity index (χ1n) is 7.49. The van der Waals surface area contributed by atoms with Gasteiger partial charge in [0.25, 0.3) is 0 Å². The average Bonchev–Trinajstić information content (AvgIpc) is 3.16. The molecule has 1 aliphatic rings. The van der Waals surface area contributed by atoms with Gasteiger partial charge in [0.05, 0.1) is 0 Å². The second-order valence-electron chi connectivity index (χ2n) is 5.42. The Balaban J connectivity index is 0.00000161.